The first-order valence-corrected chi connectivity index (χ1v) is 10.4. The van der Waals surface area contributed by atoms with E-state index in [0.29, 0.717) is 18.9 Å². The van der Waals surface area contributed by atoms with Gasteiger partial charge >= 0.3 is 0 Å². The average Bonchev–Trinajstić information content (AvgIpc) is 2.69. The Morgan fingerprint density at radius 1 is 1.27 bits per heavy atom. The maximum Gasteiger partial charge on any atom is 0.232 e. The third kappa shape index (κ3) is 5.73. The number of piperidine rings is 1. The van der Waals surface area contributed by atoms with E-state index in [2.05, 4.69) is 4.98 Å². The number of rotatable bonds is 7. The zero-order valence-corrected chi connectivity index (χ0v) is 16.2. The van der Waals surface area contributed by atoms with Crippen LogP contribution in [0.5, 0.6) is 0 Å². The number of likely N-dealkylation sites (tertiary alicyclic amines) is 1. The van der Waals surface area contributed by atoms with Gasteiger partial charge in [0.05, 0.1) is 24.2 Å². The SMILES string of the molecule is O=C(CSCc1ccccc1Cl)N1CCCC(OCc2ccccn2)C1. The van der Waals surface area contributed by atoms with Gasteiger partial charge in [-0.25, -0.2) is 0 Å². The molecule has 1 unspecified atom stereocenters. The summed E-state index contributed by atoms with van der Waals surface area (Å²) in [6.45, 7) is 1.97. The number of hydrogen-bond acceptors (Lipinski definition) is 4. The molecule has 1 aromatic heterocycles. The molecule has 0 spiro atoms. The fraction of sp³-hybridized carbons (Fsp3) is 0.400. The van der Waals surface area contributed by atoms with Gasteiger partial charge in [-0.2, -0.15) is 0 Å². The molecule has 1 amide bonds. The number of ether oxygens (including phenoxy) is 1. The number of amides is 1. The van der Waals surface area contributed by atoms with Crippen molar-refractivity contribution in [3.8, 4) is 0 Å². The lowest BCUT2D eigenvalue weighted by molar-refractivity contribution is -0.132. The van der Waals surface area contributed by atoms with E-state index < -0.39 is 0 Å². The van der Waals surface area contributed by atoms with Crippen LogP contribution in [0.15, 0.2) is 48.7 Å². The summed E-state index contributed by atoms with van der Waals surface area (Å²) < 4.78 is 5.96. The quantitative estimate of drug-likeness (QED) is 0.711. The highest BCUT2D eigenvalue weighted by molar-refractivity contribution is 7.99. The Labute approximate surface area is 163 Å². The van der Waals surface area contributed by atoms with Crippen molar-refractivity contribution in [1.29, 1.82) is 0 Å². The number of benzene rings is 1. The van der Waals surface area contributed by atoms with Gasteiger partial charge < -0.3 is 9.64 Å². The van der Waals surface area contributed by atoms with Crippen LogP contribution in [0.25, 0.3) is 0 Å². The molecule has 1 aliphatic rings. The maximum absolute atomic E-state index is 12.5. The number of carbonyl (C=O) groups is 1. The second-order valence-electron chi connectivity index (χ2n) is 6.32. The van der Waals surface area contributed by atoms with Gasteiger partial charge in [0.1, 0.15) is 0 Å². The van der Waals surface area contributed by atoms with Crippen LogP contribution in [0.1, 0.15) is 24.1 Å². The molecular weight excluding hydrogens is 368 g/mol. The lowest BCUT2D eigenvalue weighted by Crippen LogP contribution is -2.44. The van der Waals surface area contributed by atoms with E-state index in [0.717, 1.165) is 41.4 Å². The summed E-state index contributed by atoms with van der Waals surface area (Å²) in [6, 6.07) is 13.6. The van der Waals surface area contributed by atoms with E-state index in [1.807, 2.05) is 47.4 Å². The molecule has 3 rings (SSSR count). The Kier molecular flexibility index (Phi) is 7.35. The Hall–Kier alpha value is -1.56. The van der Waals surface area contributed by atoms with Crippen molar-refractivity contribution in [2.75, 3.05) is 18.8 Å². The van der Waals surface area contributed by atoms with Crippen LogP contribution in [-0.2, 0) is 21.9 Å². The Balaban J connectivity index is 1.42. The van der Waals surface area contributed by atoms with Gasteiger partial charge in [0.2, 0.25) is 5.91 Å². The van der Waals surface area contributed by atoms with Crippen LogP contribution in [0, 0.1) is 0 Å². The summed E-state index contributed by atoms with van der Waals surface area (Å²) >= 11 is 7.77. The molecule has 6 heteroatoms. The average molecular weight is 391 g/mol. The van der Waals surface area contributed by atoms with Crippen LogP contribution < -0.4 is 0 Å². The number of pyridine rings is 1. The number of nitrogens with zero attached hydrogens (tertiary/aromatic N) is 2. The molecule has 0 aliphatic carbocycles. The van der Waals surface area contributed by atoms with Crippen molar-refractivity contribution >= 4 is 29.3 Å². The zero-order chi connectivity index (χ0) is 18.2. The number of halogens is 1. The molecule has 138 valence electrons. The third-order valence-electron chi connectivity index (χ3n) is 4.36. The number of carbonyl (C=O) groups excluding carboxylic acids is 1. The molecule has 26 heavy (non-hydrogen) atoms. The van der Waals surface area contributed by atoms with Crippen LogP contribution in [0.4, 0.5) is 0 Å². The summed E-state index contributed by atoms with van der Waals surface area (Å²) in [6.07, 6.45) is 3.83. The molecule has 1 aromatic carbocycles. The molecule has 0 N–H and O–H groups in total. The Morgan fingerprint density at radius 2 is 2.12 bits per heavy atom. The van der Waals surface area contributed by atoms with E-state index in [1.165, 1.54) is 0 Å². The summed E-state index contributed by atoms with van der Waals surface area (Å²) in [5.41, 5.74) is 1.99. The highest BCUT2D eigenvalue weighted by atomic mass is 35.5. The van der Waals surface area contributed by atoms with Crippen molar-refractivity contribution in [2.24, 2.45) is 0 Å². The van der Waals surface area contributed by atoms with Crippen molar-refractivity contribution in [3.05, 3.63) is 64.9 Å². The van der Waals surface area contributed by atoms with Crippen molar-refractivity contribution in [1.82, 2.24) is 9.88 Å². The van der Waals surface area contributed by atoms with E-state index in [-0.39, 0.29) is 12.0 Å². The fourth-order valence-corrected chi connectivity index (χ4v) is 4.16. The molecule has 0 bridgehead atoms. The first kappa shape index (κ1) is 19.2. The van der Waals surface area contributed by atoms with Gasteiger partial charge in [-0.05, 0) is 36.6 Å². The predicted molar refractivity (Wildman–Crippen MR) is 106 cm³/mol. The number of hydrogen-bond donors (Lipinski definition) is 0. The molecule has 0 radical (unpaired) electrons. The van der Waals surface area contributed by atoms with Gasteiger partial charge in [0.15, 0.2) is 0 Å². The maximum atomic E-state index is 12.5. The van der Waals surface area contributed by atoms with Crippen molar-refractivity contribution in [3.63, 3.8) is 0 Å². The molecular formula is C20H23ClN2O2S. The third-order valence-corrected chi connectivity index (χ3v) is 5.70. The highest BCUT2D eigenvalue weighted by Gasteiger charge is 2.24. The molecule has 2 aromatic rings. The van der Waals surface area contributed by atoms with Gasteiger partial charge in [0, 0.05) is 30.1 Å². The highest BCUT2D eigenvalue weighted by Crippen LogP contribution is 2.22. The molecule has 1 atom stereocenters. The van der Waals surface area contributed by atoms with Crippen LogP contribution in [0.3, 0.4) is 0 Å². The number of thioether (sulfide) groups is 1. The minimum Gasteiger partial charge on any atom is -0.370 e. The Bertz CT molecular complexity index is 714. The monoisotopic (exact) mass is 390 g/mol. The number of aromatic nitrogens is 1. The topological polar surface area (TPSA) is 42.4 Å². The van der Waals surface area contributed by atoms with Gasteiger partial charge in [-0.1, -0.05) is 35.9 Å². The smallest absolute Gasteiger partial charge is 0.232 e. The molecule has 4 nitrogen and oxygen atoms in total. The minimum absolute atomic E-state index is 0.0864. The second kappa shape index (κ2) is 9.95. The normalized spacial score (nSPS) is 17.3. The lowest BCUT2D eigenvalue weighted by Gasteiger charge is -2.32. The van der Waals surface area contributed by atoms with E-state index in [9.17, 15) is 4.79 Å². The van der Waals surface area contributed by atoms with E-state index in [4.69, 9.17) is 16.3 Å². The predicted octanol–water partition coefficient (Wildman–Crippen LogP) is 4.18. The molecule has 2 heterocycles. The molecule has 0 saturated carbocycles. The summed E-state index contributed by atoms with van der Waals surface area (Å²) in [7, 11) is 0. The summed E-state index contributed by atoms with van der Waals surface area (Å²) in [5, 5.41) is 0.758. The lowest BCUT2D eigenvalue weighted by atomic mass is 10.1. The first-order valence-electron chi connectivity index (χ1n) is 8.83. The van der Waals surface area contributed by atoms with Crippen LogP contribution in [-0.4, -0.2) is 40.7 Å². The summed E-state index contributed by atoms with van der Waals surface area (Å²) in [5.74, 6) is 1.39. The molecule has 1 fully saturated rings. The molecule has 1 aliphatic heterocycles. The first-order chi connectivity index (χ1) is 12.7. The zero-order valence-electron chi connectivity index (χ0n) is 14.6. The molecule has 1 saturated heterocycles. The van der Waals surface area contributed by atoms with Crippen LogP contribution in [0.2, 0.25) is 5.02 Å². The van der Waals surface area contributed by atoms with Crippen molar-refractivity contribution < 1.29 is 9.53 Å². The standard InChI is InChI=1S/C20H23ClN2O2S/c21-19-9-2-1-6-16(19)14-26-15-20(24)23-11-5-8-18(12-23)25-13-17-7-3-4-10-22-17/h1-4,6-7,9-10,18H,5,8,11-15H2. The van der Waals surface area contributed by atoms with Gasteiger partial charge in [0.25, 0.3) is 0 Å². The fourth-order valence-electron chi connectivity index (χ4n) is 2.94. The van der Waals surface area contributed by atoms with Gasteiger partial charge in [-0.15, -0.1) is 11.8 Å². The summed E-state index contributed by atoms with van der Waals surface area (Å²) in [4.78, 5) is 18.7. The van der Waals surface area contributed by atoms with E-state index >= 15 is 0 Å². The van der Waals surface area contributed by atoms with E-state index in [1.54, 1.807) is 18.0 Å². The van der Waals surface area contributed by atoms with Gasteiger partial charge in [-0.3, -0.25) is 9.78 Å². The van der Waals surface area contributed by atoms with Crippen LogP contribution >= 0.6 is 23.4 Å². The largest absolute Gasteiger partial charge is 0.370 e. The second-order valence-corrected chi connectivity index (χ2v) is 7.71. The van der Waals surface area contributed by atoms with Crippen molar-refractivity contribution in [2.45, 2.75) is 31.3 Å². The Morgan fingerprint density at radius 3 is 2.92 bits per heavy atom. The minimum atomic E-state index is 0.0864.